The Bertz CT molecular complexity index is 162. The van der Waals surface area contributed by atoms with E-state index in [2.05, 4.69) is 23.5 Å². The molecule has 90 valence electrons. The maximum Gasteiger partial charge on any atom is 0.0829 e. The van der Waals surface area contributed by atoms with Gasteiger partial charge in [-0.05, 0) is 13.7 Å². The van der Waals surface area contributed by atoms with Crippen molar-refractivity contribution in [3.8, 4) is 0 Å². The van der Waals surface area contributed by atoms with Crippen molar-refractivity contribution in [3.63, 3.8) is 0 Å². The van der Waals surface area contributed by atoms with E-state index in [0.29, 0.717) is 6.10 Å². The number of rotatable bonds is 6. The second-order valence-corrected chi connectivity index (χ2v) is 5.16. The van der Waals surface area contributed by atoms with Crippen molar-refractivity contribution in [2.24, 2.45) is 5.73 Å². The van der Waals surface area contributed by atoms with Crippen LogP contribution in [0.2, 0.25) is 0 Å². The van der Waals surface area contributed by atoms with Gasteiger partial charge in [0.25, 0.3) is 0 Å². The molecule has 2 unspecified atom stereocenters. The van der Waals surface area contributed by atoms with Crippen LogP contribution in [0.25, 0.3) is 0 Å². The van der Waals surface area contributed by atoms with Crippen LogP contribution in [0, 0.1) is 0 Å². The summed E-state index contributed by atoms with van der Waals surface area (Å²) >= 11 is 0. The highest BCUT2D eigenvalue weighted by Gasteiger charge is 2.19. The zero-order chi connectivity index (χ0) is 11.1. The van der Waals surface area contributed by atoms with Crippen LogP contribution in [0.1, 0.15) is 0 Å². The minimum atomic E-state index is 0.367. The normalized spacial score (nSPS) is 24.4. The van der Waals surface area contributed by atoms with Gasteiger partial charge in [-0.3, -0.25) is 4.90 Å². The highest BCUT2D eigenvalue weighted by Crippen LogP contribution is 2.10. The molecule has 2 atom stereocenters. The van der Waals surface area contributed by atoms with Crippen molar-refractivity contribution in [3.05, 3.63) is 0 Å². The van der Waals surface area contributed by atoms with E-state index in [0.717, 1.165) is 54.2 Å². The first kappa shape index (κ1) is 13.3. The molecule has 0 saturated carbocycles. The van der Waals surface area contributed by atoms with Crippen molar-refractivity contribution in [1.29, 1.82) is 0 Å². The summed E-state index contributed by atoms with van der Waals surface area (Å²) in [5, 5.41) is 0. The van der Waals surface area contributed by atoms with Gasteiger partial charge in [-0.15, -0.1) is 8.58 Å². The largest absolute Gasteiger partial charge is 0.374 e. The maximum atomic E-state index is 5.75. The van der Waals surface area contributed by atoms with Crippen molar-refractivity contribution in [1.82, 2.24) is 9.80 Å². The Morgan fingerprint density at radius 1 is 1.60 bits per heavy atom. The molecule has 5 heteroatoms. The Balaban J connectivity index is 2.28. The topological polar surface area (TPSA) is 41.7 Å². The van der Waals surface area contributed by atoms with Gasteiger partial charge in [0.1, 0.15) is 0 Å². The quantitative estimate of drug-likeness (QED) is 0.648. The Hall–Kier alpha value is 0.270. The van der Waals surface area contributed by atoms with Crippen LogP contribution in [-0.2, 0) is 4.74 Å². The zero-order valence-electron chi connectivity index (χ0n) is 9.91. The number of ether oxygens (including phenoxy) is 1. The minimum absolute atomic E-state index is 0.367. The highest BCUT2D eigenvalue weighted by atomic mass is 31.1. The van der Waals surface area contributed by atoms with Crippen LogP contribution in [0.15, 0.2) is 0 Å². The minimum Gasteiger partial charge on any atom is -0.374 e. The molecule has 1 fully saturated rings. The Kier molecular flexibility index (Phi) is 6.69. The van der Waals surface area contributed by atoms with Crippen molar-refractivity contribution < 1.29 is 4.74 Å². The monoisotopic (exact) mass is 233 g/mol. The van der Waals surface area contributed by atoms with Gasteiger partial charge in [-0.1, -0.05) is 0 Å². The summed E-state index contributed by atoms with van der Waals surface area (Å²) in [6.07, 6.45) is 1.52. The summed E-state index contributed by atoms with van der Waals surface area (Å²) in [6, 6.07) is 0. The van der Waals surface area contributed by atoms with E-state index >= 15 is 0 Å². The third-order valence-electron chi connectivity index (χ3n) is 2.63. The molecule has 0 aromatic carbocycles. The lowest BCUT2D eigenvalue weighted by Gasteiger charge is -2.33. The van der Waals surface area contributed by atoms with Gasteiger partial charge in [-0.2, -0.15) is 0 Å². The van der Waals surface area contributed by atoms with Crippen molar-refractivity contribution in [2.45, 2.75) is 6.10 Å². The molecule has 0 aromatic heterocycles. The molecule has 0 amide bonds. The number of nitrogens with two attached hydrogens (primary N) is 1. The van der Waals surface area contributed by atoms with Gasteiger partial charge < -0.3 is 15.4 Å². The number of morpholine rings is 1. The second-order valence-electron chi connectivity index (χ2n) is 4.13. The van der Waals surface area contributed by atoms with Gasteiger partial charge in [0.2, 0.25) is 0 Å². The van der Waals surface area contributed by atoms with Crippen LogP contribution in [0.3, 0.4) is 0 Å². The first-order chi connectivity index (χ1) is 7.26. The molecule has 4 nitrogen and oxygen atoms in total. The van der Waals surface area contributed by atoms with Gasteiger partial charge in [-0.25, -0.2) is 0 Å². The predicted octanol–water partition coefficient (Wildman–Crippen LogP) is -0.156. The molecular weight excluding hydrogens is 209 g/mol. The summed E-state index contributed by atoms with van der Waals surface area (Å²) in [4.78, 5) is 4.76. The van der Waals surface area contributed by atoms with Crippen LogP contribution >= 0.6 is 8.58 Å². The Morgan fingerprint density at radius 2 is 2.40 bits per heavy atom. The number of hydrogen-bond donors (Lipinski definition) is 1. The number of likely N-dealkylation sites (N-methyl/N-ethyl adjacent to an activating group) is 1. The van der Waals surface area contributed by atoms with E-state index < -0.39 is 0 Å². The molecule has 1 aliphatic rings. The van der Waals surface area contributed by atoms with Crippen LogP contribution in [-0.4, -0.2) is 75.2 Å². The highest BCUT2D eigenvalue weighted by molar-refractivity contribution is 7.36. The van der Waals surface area contributed by atoms with Crippen LogP contribution in [0.5, 0.6) is 0 Å². The first-order valence-electron chi connectivity index (χ1n) is 5.63. The lowest BCUT2D eigenvalue weighted by Crippen LogP contribution is -2.46. The van der Waals surface area contributed by atoms with Crippen molar-refractivity contribution >= 4 is 8.58 Å². The molecule has 15 heavy (non-hydrogen) atoms. The summed E-state index contributed by atoms with van der Waals surface area (Å²) < 4.78 is 5.75. The third kappa shape index (κ3) is 5.23. The van der Waals surface area contributed by atoms with E-state index in [4.69, 9.17) is 10.5 Å². The number of nitrogens with zero attached hydrogens (tertiary/aromatic N) is 2. The standard InChI is InChI=1S/C10H24N3OP/c1-12-5-6-14-10(7-12)8-13(4-3-11)9-15-2/h10,15H,3-9,11H2,1-2H3. The van der Waals surface area contributed by atoms with Crippen molar-refractivity contribution in [2.75, 3.05) is 59.3 Å². The fourth-order valence-corrected chi connectivity index (χ4v) is 2.64. The number of hydrogen-bond acceptors (Lipinski definition) is 4. The molecule has 0 bridgehead atoms. The van der Waals surface area contributed by atoms with Crippen LogP contribution in [0.4, 0.5) is 0 Å². The predicted molar refractivity (Wildman–Crippen MR) is 67.0 cm³/mol. The smallest absolute Gasteiger partial charge is 0.0829 e. The fourth-order valence-electron chi connectivity index (χ4n) is 1.91. The first-order valence-corrected chi connectivity index (χ1v) is 7.34. The molecule has 0 aliphatic carbocycles. The third-order valence-corrected chi connectivity index (χ3v) is 3.39. The fraction of sp³-hybridized carbons (Fsp3) is 1.00. The van der Waals surface area contributed by atoms with E-state index in [1.165, 1.54) is 0 Å². The molecule has 2 N–H and O–H groups in total. The van der Waals surface area contributed by atoms with Crippen LogP contribution < -0.4 is 5.73 Å². The summed E-state index contributed by atoms with van der Waals surface area (Å²) in [6.45, 7) is 7.97. The van der Waals surface area contributed by atoms with Gasteiger partial charge in [0, 0.05) is 39.0 Å². The SMILES string of the molecule is CPCN(CCN)CC1CN(C)CCO1. The molecule has 1 heterocycles. The Morgan fingerprint density at radius 3 is 3.00 bits per heavy atom. The summed E-state index contributed by atoms with van der Waals surface area (Å²) in [7, 11) is 3.12. The lowest BCUT2D eigenvalue weighted by molar-refractivity contribution is -0.0329. The molecule has 1 rings (SSSR count). The molecular formula is C10H24N3OP. The summed E-state index contributed by atoms with van der Waals surface area (Å²) in [5.41, 5.74) is 5.60. The molecule has 1 aliphatic heterocycles. The van der Waals surface area contributed by atoms with E-state index in [9.17, 15) is 0 Å². The average molecular weight is 233 g/mol. The molecule has 0 radical (unpaired) electrons. The lowest BCUT2D eigenvalue weighted by atomic mass is 10.2. The molecule has 0 spiro atoms. The second kappa shape index (κ2) is 7.53. The molecule has 1 saturated heterocycles. The van der Waals surface area contributed by atoms with Gasteiger partial charge in [0.15, 0.2) is 0 Å². The van der Waals surface area contributed by atoms with E-state index in [-0.39, 0.29) is 0 Å². The average Bonchev–Trinajstić information content (AvgIpc) is 2.18. The summed E-state index contributed by atoms with van der Waals surface area (Å²) in [5.74, 6) is 0. The van der Waals surface area contributed by atoms with E-state index in [1.807, 2.05) is 0 Å². The Labute approximate surface area is 94.9 Å². The maximum absolute atomic E-state index is 5.75. The zero-order valence-corrected chi connectivity index (χ0v) is 10.9. The van der Waals surface area contributed by atoms with Gasteiger partial charge in [0.05, 0.1) is 12.7 Å². The molecule has 0 aromatic rings. The van der Waals surface area contributed by atoms with Gasteiger partial charge >= 0.3 is 0 Å². The van der Waals surface area contributed by atoms with E-state index in [1.54, 1.807) is 0 Å².